The minimum atomic E-state index is -4.96. The number of hydrogen-bond acceptors (Lipinski definition) is 2. The molecule has 1 heterocycles. The van der Waals surface area contributed by atoms with Crippen molar-refractivity contribution >= 4 is 23.2 Å². The van der Waals surface area contributed by atoms with Gasteiger partial charge in [-0.25, -0.2) is 4.98 Å². The van der Waals surface area contributed by atoms with Gasteiger partial charge >= 0.3 is 6.36 Å². The molecule has 2 nitrogen and oxygen atoms in total. The number of halogens is 6. The van der Waals surface area contributed by atoms with Crippen molar-refractivity contribution in [2.75, 3.05) is 0 Å². The first-order chi connectivity index (χ1) is 6.29. The van der Waals surface area contributed by atoms with Crippen molar-refractivity contribution in [3.63, 3.8) is 0 Å². The molecule has 8 heteroatoms. The number of pyridine rings is 1. The van der Waals surface area contributed by atoms with Crippen molar-refractivity contribution in [2.24, 2.45) is 0 Å². The van der Waals surface area contributed by atoms with Crippen LogP contribution in [0.3, 0.4) is 0 Å². The lowest BCUT2D eigenvalue weighted by Crippen LogP contribution is -2.17. The van der Waals surface area contributed by atoms with Gasteiger partial charge in [0.05, 0.1) is 0 Å². The number of ether oxygens (including phenoxy) is 1. The average molecular weight is 250 g/mol. The van der Waals surface area contributed by atoms with Crippen LogP contribution in [-0.2, 0) is 0 Å². The molecule has 0 aliphatic heterocycles. The molecule has 0 aliphatic rings. The summed E-state index contributed by atoms with van der Waals surface area (Å²) in [6.07, 6.45) is -4.96. The molecule has 0 fully saturated rings. The molecular weight excluding hydrogens is 249 g/mol. The van der Waals surface area contributed by atoms with Gasteiger partial charge in [-0.15, -0.1) is 13.2 Å². The summed E-state index contributed by atoms with van der Waals surface area (Å²) in [7, 11) is 0. The van der Waals surface area contributed by atoms with E-state index >= 15 is 0 Å². The van der Waals surface area contributed by atoms with E-state index in [-0.39, 0.29) is 0 Å². The lowest BCUT2D eigenvalue weighted by atomic mass is 10.4. The third kappa shape index (κ3) is 2.88. The second-order valence-corrected chi connectivity index (χ2v) is 2.83. The van der Waals surface area contributed by atoms with E-state index in [0.717, 1.165) is 0 Å². The van der Waals surface area contributed by atoms with E-state index in [1.54, 1.807) is 0 Å². The minimum Gasteiger partial charge on any atom is -0.404 e. The SMILES string of the molecule is Fc1cc(OC(F)(F)F)c(Cl)c(Cl)n1. The maximum Gasteiger partial charge on any atom is 0.573 e. The van der Waals surface area contributed by atoms with E-state index in [1.165, 1.54) is 0 Å². The van der Waals surface area contributed by atoms with E-state index in [4.69, 9.17) is 23.2 Å². The molecule has 0 spiro atoms. The van der Waals surface area contributed by atoms with Gasteiger partial charge < -0.3 is 4.74 Å². The molecule has 0 unspecified atom stereocenters. The second kappa shape index (κ2) is 3.78. The van der Waals surface area contributed by atoms with Crippen molar-refractivity contribution in [1.29, 1.82) is 0 Å². The fourth-order valence-electron chi connectivity index (χ4n) is 0.647. The summed E-state index contributed by atoms with van der Waals surface area (Å²) in [5.74, 6) is -2.13. The van der Waals surface area contributed by atoms with E-state index < -0.39 is 28.2 Å². The Kier molecular flexibility index (Phi) is 3.06. The van der Waals surface area contributed by atoms with Gasteiger partial charge in [-0.05, 0) is 0 Å². The smallest absolute Gasteiger partial charge is 0.404 e. The zero-order valence-electron chi connectivity index (χ0n) is 6.20. The summed E-state index contributed by atoms with van der Waals surface area (Å²) in [4.78, 5) is 2.98. The Labute approximate surface area is 85.4 Å². The van der Waals surface area contributed by atoms with Crippen LogP contribution in [0.15, 0.2) is 6.07 Å². The van der Waals surface area contributed by atoms with Crippen LogP contribution in [-0.4, -0.2) is 11.3 Å². The number of aromatic nitrogens is 1. The summed E-state index contributed by atoms with van der Waals surface area (Å²) < 4.78 is 51.0. The van der Waals surface area contributed by atoms with Gasteiger partial charge in [-0.1, -0.05) is 23.2 Å². The van der Waals surface area contributed by atoms with Crippen molar-refractivity contribution in [3.8, 4) is 5.75 Å². The predicted molar refractivity (Wildman–Crippen MR) is 40.9 cm³/mol. The summed E-state index contributed by atoms with van der Waals surface area (Å²) >= 11 is 10.5. The second-order valence-electron chi connectivity index (χ2n) is 2.10. The molecule has 14 heavy (non-hydrogen) atoms. The molecule has 0 aliphatic carbocycles. The summed E-state index contributed by atoms with van der Waals surface area (Å²) in [5.41, 5.74) is 0. The lowest BCUT2D eigenvalue weighted by Gasteiger charge is -2.10. The van der Waals surface area contributed by atoms with Crippen LogP contribution in [0.2, 0.25) is 10.2 Å². The van der Waals surface area contributed by atoms with Gasteiger partial charge in [0.1, 0.15) is 5.02 Å². The maximum atomic E-state index is 12.5. The third-order valence-corrected chi connectivity index (χ3v) is 1.81. The Hall–Kier alpha value is -0.750. The van der Waals surface area contributed by atoms with Gasteiger partial charge in [0.25, 0.3) is 0 Å². The Morgan fingerprint density at radius 2 is 1.86 bits per heavy atom. The highest BCUT2D eigenvalue weighted by Gasteiger charge is 2.32. The summed E-state index contributed by atoms with van der Waals surface area (Å²) in [6, 6.07) is 0.391. The van der Waals surface area contributed by atoms with Gasteiger partial charge in [-0.3, -0.25) is 0 Å². The monoisotopic (exact) mass is 249 g/mol. The molecule has 78 valence electrons. The van der Waals surface area contributed by atoms with Gasteiger partial charge in [-0.2, -0.15) is 4.39 Å². The highest BCUT2D eigenvalue weighted by atomic mass is 35.5. The molecule has 0 aromatic carbocycles. The van der Waals surface area contributed by atoms with Crippen LogP contribution in [0.25, 0.3) is 0 Å². The fraction of sp³-hybridized carbons (Fsp3) is 0.167. The summed E-state index contributed by atoms with van der Waals surface area (Å²) in [6.45, 7) is 0. The molecule has 0 amide bonds. The fourth-order valence-corrected chi connectivity index (χ4v) is 0.957. The predicted octanol–water partition coefficient (Wildman–Crippen LogP) is 3.43. The normalized spacial score (nSPS) is 11.6. The molecule has 0 bridgehead atoms. The first-order valence-corrected chi connectivity index (χ1v) is 3.82. The van der Waals surface area contributed by atoms with E-state index in [1.807, 2.05) is 0 Å². The summed E-state index contributed by atoms with van der Waals surface area (Å²) in [5, 5.41) is -1.18. The number of nitrogens with zero attached hydrogens (tertiary/aromatic N) is 1. The average Bonchev–Trinajstić information content (AvgIpc) is 1.96. The number of rotatable bonds is 1. The Bertz CT molecular complexity index is 354. The number of hydrogen-bond donors (Lipinski definition) is 0. The van der Waals surface area contributed by atoms with Crippen molar-refractivity contribution < 1.29 is 22.3 Å². The molecular formula is C6HCl2F4NO. The largest absolute Gasteiger partial charge is 0.573 e. The molecule has 1 aromatic rings. The van der Waals surface area contributed by atoms with Crippen LogP contribution < -0.4 is 4.74 Å². The van der Waals surface area contributed by atoms with Crippen molar-refractivity contribution in [3.05, 3.63) is 22.2 Å². The van der Waals surface area contributed by atoms with Crippen LogP contribution in [0.5, 0.6) is 5.75 Å². The van der Waals surface area contributed by atoms with Crippen LogP contribution in [0.1, 0.15) is 0 Å². The number of alkyl halides is 3. The van der Waals surface area contributed by atoms with Crippen molar-refractivity contribution in [1.82, 2.24) is 4.98 Å². The highest BCUT2D eigenvalue weighted by molar-refractivity contribution is 6.42. The molecule has 0 saturated heterocycles. The Balaban J connectivity index is 3.09. The Morgan fingerprint density at radius 3 is 2.36 bits per heavy atom. The maximum absolute atomic E-state index is 12.5. The molecule has 1 rings (SSSR count). The van der Waals surface area contributed by atoms with E-state index in [9.17, 15) is 17.6 Å². The Morgan fingerprint density at radius 1 is 1.29 bits per heavy atom. The minimum absolute atomic E-state index is 0.391. The van der Waals surface area contributed by atoms with Gasteiger partial charge in [0.15, 0.2) is 10.9 Å². The highest BCUT2D eigenvalue weighted by Crippen LogP contribution is 2.34. The third-order valence-electron chi connectivity index (χ3n) is 1.08. The van der Waals surface area contributed by atoms with E-state index in [2.05, 4.69) is 9.72 Å². The molecule has 0 radical (unpaired) electrons. The standard InChI is InChI=1S/C6HCl2F4NO/c7-4-2(14-6(10,11)12)1-3(9)13-5(4)8/h1H. The first-order valence-electron chi connectivity index (χ1n) is 3.07. The van der Waals surface area contributed by atoms with Crippen LogP contribution >= 0.6 is 23.2 Å². The molecule has 0 atom stereocenters. The quantitative estimate of drug-likeness (QED) is 0.562. The van der Waals surface area contributed by atoms with Crippen molar-refractivity contribution in [2.45, 2.75) is 6.36 Å². The zero-order valence-corrected chi connectivity index (χ0v) is 7.71. The van der Waals surface area contributed by atoms with Gasteiger partial charge in [0.2, 0.25) is 5.95 Å². The molecule has 1 aromatic heterocycles. The molecule has 0 saturated carbocycles. The van der Waals surface area contributed by atoms with E-state index in [0.29, 0.717) is 6.07 Å². The lowest BCUT2D eigenvalue weighted by molar-refractivity contribution is -0.274. The van der Waals surface area contributed by atoms with Gasteiger partial charge in [0, 0.05) is 6.07 Å². The molecule has 0 N–H and O–H groups in total. The van der Waals surface area contributed by atoms with Crippen LogP contribution in [0.4, 0.5) is 17.6 Å². The first kappa shape index (κ1) is 11.3. The zero-order chi connectivity index (χ0) is 10.9. The van der Waals surface area contributed by atoms with Crippen LogP contribution in [0, 0.1) is 5.95 Å². The topological polar surface area (TPSA) is 22.1 Å².